The van der Waals surface area contributed by atoms with Crippen LogP contribution in [0.3, 0.4) is 0 Å². The predicted octanol–water partition coefficient (Wildman–Crippen LogP) is 2.79. The Labute approximate surface area is 150 Å². The first-order valence-corrected chi connectivity index (χ1v) is 8.33. The molecule has 2 aromatic carbocycles. The van der Waals surface area contributed by atoms with Crippen LogP contribution in [0.5, 0.6) is 0 Å². The highest BCUT2D eigenvalue weighted by molar-refractivity contribution is 6.30. The van der Waals surface area contributed by atoms with Gasteiger partial charge in [-0.3, -0.25) is 0 Å². The van der Waals surface area contributed by atoms with Gasteiger partial charge in [0, 0.05) is 17.8 Å². The van der Waals surface area contributed by atoms with E-state index in [9.17, 15) is 8.78 Å². The molecule has 4 nitrogen and oxygen atoms in total. The molecule has 25 heavy (non-hydrogen) atoms. The molecule has 0 unspecified atom stereocenters. The quantitative estimate of drug-likeness (QED) is 0.649. The minimum atomic E-state index is -2.66. The van der Waals surface area contributed by atoms with E-state index in [-0.39, 0.29) is 5.70 Å². The summed E-state index contributed by atoms with van der Waals surface area (Å²) in [5, 5.41) is 3.49. The number of hydrazine groups is 1. The second kappa shape index (κ2) is 7.39. The molecule has 3 rings (SSSR count). The monoisotopic (exact) mass is 365 g/mol. The molecule has 0 aromatic heterocycles. The van der Waals surface area contributed by atoms with Gasteiger partial charge in [0.15, 0.2) is 11.4 Å². The fourth-order valence-electron chi connectivity index (χ4n) is 3.10. The van der Waals surface area contributed by atoms with Crippen molar-refractivity contribution < 1.29 is 14.1 Å². The summed E-state index contributed by atoms with van der Waals surface area (Å²) in [5.74, 6) is 5.69. The highest BCUT2D eigenvalue weighted by Crippen LogP contribution is 2.34. The number of nitrogens with zero attached hydrogens (tertiary/aromatic N) is 2. The van der Waals surface area contributed by atoms with Gasteiger partial charge in [-0.2, -0.15) is 0 Å². The first-order chi connectivity index (χ1) is 12.0. The molecule has 1 heterocycles. The summed E-state index contributed by atoms with van der Waals surface area (Å²) in [6, 6.07) is 15.0. The summed E-state index contributed by atoms with van der Waals surface area (Å²) in [6.45, 7) is 1.30. The summed E-state index contributed by atoms with van der Waals surface area (Å²) in [4.78, 5) is 2.11. The minimum Gasteiger partial charge on any atom is -0.335 e. The van der Waals surface area contributed by atoms with E-state index in [1.54, 1.807) is 0 Å². The summed E-state index contributed by atoms with van der Waals surface area (Å²) < 4.78 is 27.2. The van der Waals surface area contributed by atoms with Gasteiger partial charge in [-0.05, 0) is 36.4 Å². The van der Waals surface area contributed by atoms with Crippen LogP contribution in [0.15, 0.2) is 54.2 Å². The Balaban J connectivity index is 2.16. The van der Waals surface area contributed by atoms with E-state index < -0.39 is 6.43 Å². The maximum atomic E-state index is 13.6. The van der Waals surface area contributed by atoms with Crippen molar-refractivity contribution in [2.24, 2.45) is 5.84 Å². The number of para-hydroxylation sites is 1. The molecule has 0 bridgehead atoms. The van der Waals surface area contributed by atoms with Crippen molar-refractivity contribution in [2.75, 3.05) is 25.0 Å². The largest absolute Gasteiger partial charge is 0.335 e. The van der Waals surface area contributed by atoms with Crippen molar-refractivity contribution in [3.8, 4) is 0 Å². The van der Waals surface area contributed by atoms with Crippen LogP contribution < -0.4 is 16.1 Å². The molecule has 0 aliphatic carbocycles. The van der Waals surface area contributed by atoms with E-state index in [0.29, 0.717) is 23.8 Å². The molecule has 1 aliphatic heterocycles. The SMILES string of the molecule is CN(N)C(=C1[NH2+]CCN(c2ccc(Cl)cc2)c2ccccc21)C(F)F. The number of benzene rings is 2. The lowest BCUT2D eigenvalue weighted by Crippen LogP contribution is -2.82. The molecule has 0 saturated heterocycles. The summed E-state index contributed by atoms with van der Waals surface area (Å²) in [5.41, 5.74) is 2.87. The molecule has 132 valence electrons. The number of rotatable bonds is 3. The van der Waals surface area contributed by atoms with Crippen molar-refractivity contribution in [2.45, 2.75) is 6.43 Å². The zero-order valence-electron chi connectivity index (χ0n) is 13.8. The summed E-state index contributed by atoms with van der Waals surface area (Å²) >= 11 is 5.98. The van der Waals surface area contributed by atoms with Crippen molar-refractivity contribution >= 4 is 28.7 Å². The van der Waals surface area contributed by atoms with E-state index in [0.717, 1.165) is 21.9 Å². The molecule has 4 N–H and O–H groups in total. The smallest absolute Gasteiger partial charge is 0.285 e. The van der Waals surface area contributed by atoms with Crippen molar-refractivity contribution in [1.29, 1.82) is 0 Å². The lowest BCUT2D eigenvalue weighted by atomic mass is 10.1. The van der Waals surface area contributed by atoms with E-state index in [4.69, 9.17) is 17.4 Å². The first kappa shape index (κ1) is 17.7. The zero-order chi connectivity index (χ0) is 18.0. The van der Waals surface area contributed by atoms with Crippen molar-refractivity contribution in [3.63, 3.8) is 0 Å². The maximum Gasteiger partial charge on any atom is 0.285 e. The third-order valence-electron chi connectivity index (χ3n) is 4.19. The van der Waals surface area contributed by atoms with Crippen LogP contribution in [-0.2, 0) is 0 Å². The Morgan fingerprint density at radius 1 is 1.20 bits per heavy atom. The average molecular weight is 366 g/mol. The number of hydrogen-bond acceptors (Lipinski definition) is 3. The maximum absolute atomic E-state index is 13.6. The van der Waals surface area contributed by atoms with Crippen LogP contribution in [0.4, 0.5) is 20.2 Å². The third-order valence-corrected chi connectivity index (χ3v) is 4.44. The molecular formula is C18H20ClF2N4+. The normalized spacial score (nSPS) is 16.5. The highest BCUT2D eigenvalue weighted by Gasteiger charge is 2.29. The van der Waals surface area contributed by atoms with Crippen LogP contribution >= 0.6 is 11.6 Å². The average Bonchev–Trinajstić information content (AvgIpc) is 2.76. The molecule has 7 heteroatoms. The van der Waals surface area contributed by atoms with Gasteiger partial charge in [0.05, 0.1) is 24.3 Å². The number of halogens is 3. The number of alkyl halides is 2. The van der Waals surface area contributed by atoms with E-state index in [2.05, 4.69) is 4.90 Å². The zero-order valence-corrected chi connectivity index (χ0v) is 14.5. The highest BCUT2D eigenvalue weighted by atomic mass is 35.5. The van der Waals surface area contributed by atoms with Crippen LogP contribution in [0.25, 0.3) is 5.70 Å². The number of fused-ring (bicyclic) bond motifs is 1. The first-order valence-electron chi connectivity index (χ1n) is 7.95. The van der Waals surface area contributed by atoms with Gasteiger partial charge in [-0.1, -0.05) is 23.7 Å². The van der Waals surface area contributed by atoms with Crippen LogP contribution in [-0.4, -0.2) is 31.6 Å². The third kappa shape index (κ3) is 3.61. The van der Waals surface area contributed by atoms with Crippen molar-refractivity contribution in [3.05, 3.63) is 64.8 Å². The van der Waals surface area contributed by atoms with Gasteiger partial charge in [-0.25, -0.2) is 14.6 Å². The lowest BCUT2D eigenvalue weighted by Gasteiger charge is -2.24. The molecule has 1 aliphatic rings. The molecule has 0 atom stereocenters. The Morgan fingerprint density at radius 3 is 2.52 bits per heavy atom. The second-order valence-corrected chi connectivity index (χ2v) is 6.28. The number of allylic oxidation sites excluding steroid dienone is 1. The number of anilines is 2. The lowest BCUT2D eigenvalue weighted by molar-refractivity contribution is -0.560. The van der Waals surface area contributed by atoms with Gasteiger partial charge in [-0.15, -0.1) is 0 Å². The topological polar surface area (TPSA) is 49.1 Å². The van der Waals surface area contributed by atoms with Crippen molar-refractivity contribution in [1.82, 2.24) is 5.01 Å². The Bertz CT molecular complexity index is 765. The van der Waals surface area contributed by atoms with Gasteiger partial charge >= 0.3 is 0 Å². The fourth-order valence-corrected chi connectivity index (χ4v) is 3.22. The molecular weight excluding hydrogens is 346 g/mol. The number of hydrogen-bond donors (Lipinski definition) is 2. The molecule has 0 amide bonds. The molecule has 0 spiro atoms. The van der Waals surface area contributed by atoms with Gasteiger partial charge in [0.25, 0.3) is 6.43 Å². The Morgan fingerprint density at radius 2 is 1.88 bits per heavy atom. The van der Waals surface area contributed by atoms with E-state index >= 15 is 0 Å². The van der Waals surface area contributed by atoms with Gasteiger partial charge < -0.3 is 15.2 Å². The predicted molar refractivity (Wildman–Crippen MR) is 96.6 cm³/mol. The van der Waals surface area contributed by atoms with E-state index in [1.807, 2.05) is 53.8 Å². The summed E-state index contributed by atoms with van der Waals surface area (Å²) in [7, 11) is 1.44. The standard InChI is InChI=1S/C18H19ClF2N4/c1-24(22)17(18(20)21)16-14-4-2-3-5-15(14)25(11-10-23-16)13-8-6-12(19)7-9-13/h2-9,18,23H,10-11,22H2,1H3/p+1. The molecule has 0 radical (unpaired) electrons. The van der Waals surface area contributed by atoms with Crippen LogP contribution in [0, 0.1) is 0 Å². The fraction of sp³-hybridized carbons (Fsp3) is 0.222. The van der Waals surface area contributed by atoms with Gasteiger partial charge in [0.1, 0.15) is 0 Å². The molecule has 2 aromatic rings. The second-order valence-electron chi connectivity index (χ2n) is 5.85. The number of quaternary nitrogens is 1. The van der Waals surface area contributed by atoms with Gasteiger partial charge in [0.2, 0.25) is 0 Å². The Hall–Kier alpha value is -2.15. The molecule has 0 saturated carbocycles. The minimum absolute atomic E-state index is 0.176. The van der Waals surface area contributed by atoms with E-state index in [1.165, 1.54) is 7.05 Å². The number of nitrogens with two attached hydrogens (primary N) is 2. The Kier molecular flexibility index (Phi) is 5.22. The summed E-state index contributed by atoms with van der Waals surface area (Å²) in [6.07, 6.45) is -2.66. The van der Waals surface area contributed by atoms with Crippen LogP contribution in [0.2, 0.25) is 5.02 Å². The molecule has 0 fully saturated rings. The van der Waals surface area contributed by atoms with Crippen LogP contribution in [0.1, 0.15) is 5.56 Å².